The molecule has 2 N–H and O–H groups in total. The second kappa shape index (κ2) is 4.45. The number of hydrogen-bond acceptors (Lipinski definition) is 4. The highest BCUT2D eigenvalue weighted by Gasteiger charge is 2.02. The van der Waals surface area contributed by atoms with Crippen molar-refractivity contribution in [2.75, 3.05) is 23.7 Å². The molecular formula is C9H14N4. The van der Waals surface area contributed by atoms with E-state index in [0.29, 0.717) is 5.82 Å². The number of rotatable bonds is 4. The molecule has 1 rings (SSSR count). The molecule has 0 saturated heterocycles. The number of nitrogens with two attached hydrogens (primary N) is 1. The van der Waals surface area contributed by atoms with E-state index in [1.54, 1.807) is 6.07 Å². The first-order chi connectivity index (χ1) is 6.27. The van der Waals surface area contributed by atoms with E-state index in [2.05, 4.69) is 28.6 Å². The lowest BCUT2D eigenvalue weighted by Gasteiger charge is -2.18. The molecule has 0 aliphatic carbocycles. The largest absolute Gasteiger partial charge is 0.382 e. The van der Waals surface area contributed by atoms with Gasteiger partial charge in [-0.25, -0.2) is 0 Å². The van der Waals surface area contributed by atoms with Crippen LogP contribution >= 0.6 is 0 Å². The number of aromatic nitrogens is 2. The van der Waals surface area contributed by atoms with Crippen LogP contribution in [0.1, 0.15) is 6.92 Å². The van der Waals surface area contributed by atoms with Crippen molar-refractivity contribution in [3.63, 3.8) is 0 Å². The molecule has 4 nitrogen and oxygen atoms in total. The Morgan fingerprint density at radius 1 is 1.54 bits per heavy atom. The summed E-state index contributed by atoms with van der Waals surface area (Å²) < 4.78 is 0. The van der Waals surface area contributed by atoms with E-state index < -0.39 is 0 Å². The molecule has 1 heterocycles. The monoisotopic (exact) mass is 178 g/mol. The zero-order valence-corrected chi connectivity index (χ0v) is 7.77. The smallest absolute Gasteiger partial charge is 0.151 e. The zero-order chi connectivity index (χ0) is 9.68. The molecule has 0 unspecified atom stereocenters. The van der Waals surface area contributed by atoms with Crippen LogP contribution in [0.4, 0.5) is 11.6 Å². The van der Waals surface area contributed by atoms with Crippen LogP contribution < -0.4 is 10.6 Å². The van der Waals surface area contributed by atoms with Gasteiger partial charge in [0.15, 0.2) is 5.82 Å². The van der Waals surface area contributed by atoms with E-state index in [1.165, 1.54) is 0 Å². The van der Waals surface area contributed by atoms with Crippen LogP contribution in [0.2, 0.25) is 0 Å². The van der Waals surface area contributed by atoms with Gasteiger partial charge >= 0.3 is 0 Å². The first-order valence-corrected chi connectivity index (χ1v) is 4.23. The standard InChI is InChI=1S/C9H14N4/c1-3-7-13(4-2)9-6-5-8(10)11-12-9/h3,5-6H,1,4,7H2,2H3,(H2,10,11). The van der Waals surface area contributed by atoms with Gasteiger partial charge in [-0.3, -0.25) is 0 Å². The second-order valence-corrected chi connectivity index (χ2v) is 2.64. The summed E-state index contributed by atoms with van der Waals surface area (Å²) in [5.74, 6) is 1.27. The molecule has 0 amide bonds. The first kappa shape index (κ1) is 9.51. The first-order valence-electron chi connectivity index (χ1n) is 4.23. The lowest BCUT2D eigenvalue weighted by molar-refractivity contribution is 0.856. The Morgan fingerprint density at radius 2 is 2.31 bits per heavy atom. The molecule has 0 aromatic carbocycles. The molecule has 0 fully saturated rings. The van der Waals surface area contributed by atoms with Gasteiger partial charge in [-0.2, -0.15) is 0 Å². The van der Waals surface area contributed by atoms with Gasteiger partial charge < -0.3 is 10.6 Å². The van der Waals surface area contributed by atoms with Gasteiger partial charge in [-0.05, 0) is 19.1 Å². The predicted molar refractivity (Wildman–Crippen MR) is 54.5 cm³/mol. The summed E-state index contributed by atoms with van der Waals surface area (Å²) in [5, 5.41) is 7.75. The maximum Gasteiger partial charge on any atom is 0.151 e. The van der Waals surface area contributed by atoms with Gasteiger partial charge in [0.25, 0.3) is 0 Å². The Labute approximate surface area is 78.1 Å². The third-order valence-electron chi connectivity index (χ3n) is 1.73. The highest BCUT2D eigenvalue weighted by Crippen LogP contribution is 2.09. The average molecular weight is 178 g/mol. The van der Waals surface area contributed by atoms with Crippen LogP contribution in [0.15, 0.2) is 24.8 Å². The molecule has 4 heteroatoms. The lowest BCUT2D eigenvalue weighted by Crippen LogP contribution is -2.23. The zero-order valence-electron chi connectivity index (χ0n) is 7.77. The van der Waals surface area contributed by atoms with Crippen LogP contribution in [-0.2, 0) is 0 Å². The normalized spacial score (nSPS) is 9.62. The molecule has 1 aromatic rings. The molecule has 13 heavy (non-hydrogen) atoms. The quantitative estimate of drug-likeness (QED) is 0.701. The van der Waals surface area contributed by atoms with E-state index in [9.17, 15) is 0 Å². The summed E-state index contributed by atoms with van der Waals surface area (Å²) in [6, 6.07) is 3.60. The van der Waals surface area contributed by atoms with Crippen molar-refractivity contribution in [3.8, 4) is 0 Å². The van der Waals surface area contributed by atoms with Crippen molar-refractivity contribution < 1.29 is 0 Å². The van der Waals surface area contributed by atoms with Crippen molar-refractivity contribution in [2.24, 2.45) is 0 Å². The molecule has 0 bridgehead atoms. The topological polar surface area (TPSA) is 55.0 Å². The molecule has 0 spiro atoms. The van der Waals surface area contributed by atoms with E-state index in [1.807, 2.05) is 12.1 Å². The maximum absolute atomic E-state index is 5.43. The number of nitrogen functional groups attached to an aromatic ring is 1. The summed E-state index contributed by atoms with van der Waals surface area (Å²) in [6.07, 6.45) is 1.83. The Hall–Kier alpha value is -1.58. The molecule has 0 aliphatic rings. The SMILES string of the molecule is C=CCN(CC)c1ccc(N)nn1. The Kier molecular flexibility index (Phi) is 3.25. The van der Waals surface area contributed by atoms with Gasteiger partial charge in [-0.15, -0.1) is 16.8 Å². The van der Waals surface area contributed by atoms with Crippen molar-refractivity contribution in [2.45, 2.75) is 6.92 Å². The van der Waals surface area contributed by atoms with Crippen molar-refractivity contribution in [1.82, 2.24) is 10.2 Å². The third kappa shape index (κ3) is 2.43. The number of nitrogens with zero attached hydrogens (tertiary/aromatic N) is 3. The minimum absolute atomic E-state index is 0.443. The number of hydrogen-bond donors (Lipinski definition) is 1. The molecule has 1 aromatic heterocycles. The second-order valence-electron chi connectivity index (χ2n) is 2.64. The van der Waals surface area contributed by atoms with Gasteiger partial charge in [0.05, 0.1) is 0 Å². The van der Waals surface area contributed by atoms with Crippen molar-refractivity contribution >= 4 is 11.6 Å². The third-order valence-corrected chi connectivity index (χ3v) is 1.73. The lowest BCUT2D eigenvalue weighted by atomic mass is 10.4. The van der Waals surface area contributed by atoms with E-state index in [0.717, 1.165) is 18.9 Å². The predicted octanol–water partition coefficient (Wildman–Crippen LogP) is 1.07. The Morgan fingerprint density at radius 3 is 2.77 bits per heavy atom. The van der Waals surface area contributed by atoms with E-state index in [-0.39, 0.29) is 0 Å². The molecule has 0 saturated carbocycles. The van der Waals surface area contributed by atoms with E-state index >= 15 is 0 Å². The fraction of sp³-hybridized carbons (Fsp3) is 0.333. The fourth-order valence-electron chi connectivity index (χ4n) is 1.04. The molecule has 0 aliphatic heterocycles. The maximum atomic E-state index is 5.43. The number of likely N-dealkylation sites (N-methyl/N-ethyl adjacent to an activating group) is 1. The minimum atomic E-state index is 0.443. The van der Waals surface area contributed by atoms with Crippen molar-refractivity contribution in [1.29, 1.82) is 0 Å². The van der Waals surface area contributed by atoms with Gasteiger partial charge in [0.2, 0.25) is 0 Å². The van der Waals surface area contributed by atoms with Crippen LogP contribution in [0.25, 0.3) is 0 Å². The van der Waals surface area contributed by atoms with E-state index in [4.69, 9.17) is 5.73 Å². The summed E-state index contributed by atoms with van der Waals surface area (Å²) in [7, 11) is 0. The van der Waals surface area contributed by atoms with Gasteiger partial charge in [0.1, 0.15) is 5.82 Å². The Bertz CT molecular complexity index is 267. The van der Waals surface area contributed by atoms with Crippen LogP contribution in [0.5, 0.6) is 0 Å². The van der Waals surface area contributed by atoms with Crippen LogP contribution in [0.3, 0.4) is 0 Å². The highest BCUT2D eigenvalue weighted by molar-refractivity contribution is 5.41. The van der Waals surface area contributed by atoms with Crippen LogP contribution in [0, 0.1) is 0 Å². The summed E-state index contributed by atoms with van der Waals surface area (Å²) in [6.45, 7) is 7.39. The summed E-state index contributed by atoms with van der Waals surface area (Å²) in [5.41, 5.74) is 5.43. The minimum Gasteiger partial charge on any atom is -0.382 e. The molecule has 0 atom stereocenters. The molecular weight excluding hydrogens is 164 g/mol. The van der Waals surface area contributed by atoms with Gasteiger partial charge in [-0.1, -0.05) is 6.08 Å². The summed E-state index contributed by atoms with van der Waals surface area (Å²) in [4.78, 5) is 2.06. The molecule has 70 valence electrons. The average Bonchev–Trinajstić information content (AvgIpc) is 2.16. The highest BCUT2D eigenvalue weighted by atomic mass is 15.3. The van der Waals surface area contributed by atoms with Gasteiger partial charge in [0, 0.05) is 13.1 Å². The fourth-order valence-corrected chi connectivity index (χ4v) is 1.04. The Balaban J connectivity index is 2.78. The summed E-state index contributed by atoms with van der Waals surface area (Å²) >= 11 is 0. The molecule has 0 radical (unpaired) electrons. The van der Waals surface area contributed by atoms with Crippen LogP contribution in [-0.4, -0.2) is 23.3 Å². The van der Waals surface area contributed by atoms with Crippen molar-refractivity contribution in [3.05, 3.63) is 24.8 Å². The number of anilines is 2.